The van der Waals surface area contributed by atoms with Crippen molar-refractivity contribution in [2.75, 3.05) is 11.5 Å². The molecule has 0 aromatic rings. The molecule has 0 N–H and O–H groups in total. The number of hydrogen-bond acceptors (Lipinski definition) is 2. The Morgan fingerprint density at radius 1 is 1.44 bits per heavy atom. The minimum absolute atomic E-state index is 0.135. The molecule has 2 nitrogen and oxygen atoms in total. The predicted molar refractivity (Wildman–Crippen MR) is 37.5 cm³/mol. The second kappa shape index (κ2) is 2.46. The van der Waals surface area contributed by atoms with Crippen LogP contribution in [0.2, 0.25) is 0 Å². The molecule has 0 radical (unpaired) electrons. The van der Waals surface area contributed by atoms with Gasteiger partial charge in [-0.3, -0.25) is 0 Å². The van der Waals surface area contributed by atoms with Crippen molar-refractivity contribution in [3.8, 4) is 0 Å². The van der Waals surface area contributed by atoms with Crippen LogP contribution < -0.4 is 0 Å². The Morgan fingerprint density at radius 3 is 2.44 bits per heavy atom. The number of alkyl halides is 1. The predicted octanol–water partition coefficient (Wildman–Crippen LogP) is 0.802. The van der Waals surface area contributed by atoms with Gasteiger partial charge >= 0.3 is 0 Å². The largest absolute Gasteiger partial charge is 0.229 e. The van der Waals surface area contributed by atoms with Crippen LogP contribution in [0.1, 0.15) is 12.8 Å². The van der Waals surface area contributed by atoms with Crippen molar-refractivity contribution in [3.05, 3.63) is 0 Å². The summed E-state index contributed by atoms with van der Waals surface area (Å²) in [6.45, 7) is 0. The standard InChI is InChI=1S/C5H9ClO2S/c6-5-2-1-3-9(7,8)4-5/h5H,1-4H2. The molecule has 0 aromatic carbocycles. The van der Waals surface area contributed by atoms with Gasteiger partial charge in [-0.05, 0) is 12.8 Å². The minimum Gasteiger partial charge on any atom is -0.229 e. The highest BCUT2D eigenvalue weighted by molar-refractivity contribution is 7.91. The number of sulfone groups is 1. The summed E-state index contributed by atoms with van der Waals surface area (Å²) in [5.74, 6) is 0.505. The second-order valence-electron chi connectivity index (χ2n) is 2.35. The first-order valence-electron chi connectivity index (χ1n) is 2.95. The molecule has 0 bridgehead atoms. The summed E-state index contributed by atoms with van der Waals surface area (Å²) in [6, 6.07) is 0. The van der Waals surface area contributed by atoms with Gasteiger partial charge in [-0.15, -0.1) is 11.6 Å². The SMILES string of the molecule is O=S1(=O)CCCC(Cl)C1. The Morgan fingerprint density at radius 2 is 2.11 bits per heavy atom. The van der Waals surface area contributed by atoms with E-state index >= 15 is 0 Å². The zero-order chi connectivity index (χ0) is 6.91. The van der Waals surface area contributed by atoms with Crippen LogP contribution >= 0.6 is 11.6 Å². The maximum Gasteiger partial charge on any atom is 0.151 e. The molecule has 1 saturated heterocycles. The Hall–Kier alpha value is 0.240. The van der Waals surface area contributed by atoms with Crippen molar-refractivity contribution in [2.24, 2.45) is 0 Å². The lowest BCUT2D eigenvalue weighted by Gasteiger charge is -2.14. The first-order valence-corrected chi connectivity index (χ1v) is 5.20. The van der Waals surface area contributed by atoms with E-state index in [0.717, 1.165) is 12.8 Å². The molecule has 1 heterocycles. The van der Waals surface area contributed by atoms with E-state index in [9.17, 15) is 8.42 Å². The summed E-state index contributed by atoms with van der Waals surface area (Å²) in [7, 11) is -2.76. The van der Waals surface area contributed by atoms with E-state index in [1.165, 1.54) is 0 Å². The molecule has 1 aliphatic heterocycles. The summed E-state index contributed by atoms with van der Waals surface area (Å²) in [5, 5.41) is -0.135. The van der Waals surface area contributed by atoms with Crippen LogP contribution in [0.3, 0.4) is 0 Å². The van der Waals surface area contributed by atoms with Gasteiger partial charge in [-0.1, -0.05) is 0 Å². The van der Waals surface area contributed by atoms with Crippen molar-refractivity contribution in [1.82, 2.24) is 0 Å². The summed E-state index contributed by atoms with van der Waals surface area (Å²) >= 11 is 5.62. The molecule has 1 rings (SSSR count). The molecular formula is C5H9ClO2S. The molecule has 1 aliphatic rings. The number of hydrogen-bond donors (Lipinski definition) is 0. The molecule has 9 heavy (non-hydrogen) atoms. The van der Waals surface area contributed by atoms with Gasteiger partial charge in [0.2, 0.25) is 0 Å². The lowest BCUT2D eigenvalue weighted by atomic mass is 10.3. The lowest BCUT2D eigenvalue weighted by molar-refractivity contribution is 0.576. The van der Waals surface area contributed by atoms with Crippen molar-refractivity contribution in [1.29, 1.82) is 0 Å². The fraction of sp³-hybridized carbons (Fsp3) is 1.00. The molecule has 0 aromatic heterocycles. The molecule has 54 valence electrons. The van der Waals surface area contributed by atoms with Gasteiger partial charge < -0.3 is 0 Å². The Labute approximate surface area is 60.1 Å². The lowest BCUT2D eigenvalue weighted by Crippen LogP contribution is -2.25. The monoisotopic (exact) mass is 168 g/mol. The third kappa shape index (κ3) is 2.14. The average Bonchev–Trinajstić information content (AvgIpc) is 1.60. The van der Waals surface area contributed by atoms with Crippen LogP contribution in [0.5, 0.6) is 0 Å². The van der Waals surface area contributed by atoms with Crippen LogP contribution in [0.4, 0.5) is 0 Å². The molecule has 0 spiro atoms. The number of rotatable bonds is 0. The van der Waals surface area contributed by atoms with Crippen molar-refractivity contribution in [3.63, 3.8) is 0 Å². The van der Waals surface area contributed by atoms with Gasteiger partial charge in [0.05, 0.1) is 11.5 Å². The first-order chi connectivity index (χ1) is 4.10. The van der Waals surface area contributed by atoms with Gasteiger partial charge in [-0.2, -0.15) is 0 Å². The molecule has 1 atom stereocenters. The van der Waals surface area contributed by atoms with E-state index < -0.39 is 9.84 Å². The van der Waals surface area contributed by atoms with Crippen LogP contribution in [0.15, 0.2) is 0 Å². The van der Waals surface area contributed by atoms with E-state index in [0.29, 0.717) is 5.75 Å². The Kier molecular flexibility index (Phi) is 2.01. The zero-order valence-electron chi connectivity index (χ0n) is 5.01. The first kappa shape index (κ1) is 7.35. The second-order valence-corrected chi connectivity index (χ2v) is 5.20. The number of halogens is 1. The molecule has 0 amide bonds. The van der Waals surface area contributed by atoms with Crippen molar-refractivity contribution in [2.45, 2.75) is 18.2 Å². The highest BCUT2D eigenvalue weighted by Crippen LogP contribution is 2.16. The topological polar surface area (TPSA) is 34.1 Å². The Bertz CT molecular complexity index is 185. The third-order valence-electron chi connectivity index (χ3n) is 1.41. The van der Waals surface area contributed by atoms with Gasteiger partial charge in [-0.25, -0.2) is 8.42 Å². The highest BCUT2D eigenvalue weighted by Gasteiger charge is 2.22. The van der Waals surface area contributed by atoms with E-state index in [1.807, 2.05) is 0 Å². The van der Waals surface area contributed by atoms with E-state index in [2.05, 4.69) is 0 Å². The van der Waals surface area contributed by atoms with Crippen molar-refractivity contribution >= 4 is 21.4 Å². The normalized spacial score (nSPS) is 34.1. The molecule has 4 heteroatoms. The third-order valence-corrected chi connectivity index (χ3v) is 3.78. The van der Waals surface area contributed by atoms with Crippen LogP contribution in [0, 0.1) is 0 Å². The zero-order valence-corrected chi connectivity index (χ0v) is 6.58. The fourth-order valence-corrected chi connectivity index (χ4v) is 3.19. The van der Waals surface area contributed by atoms with Crippen molar-refractivity contribution < 1.29 is 8.42 Å². The maximum atomic E-state index is 10.8. The molecule has 0 saturated carbocycles. The van der Waals surface area contributed by atoms with Gasteiger partial charge in [0.25, 0.3) is 0 Å². The van der Waals surface area contributed by atoms with Gasteiger partial charge in [0.15, 0.2) is 9.84 Å². The van der Waals surface area contributed by atoms with Gasteiger partial charge in [0.1, 0.15) is 0 Å². The highest BCUT2D eigenvalue weighted by atomic mass is 35.5. The Balaban J connectivity index is 2.62. The van der Waals surface area contributed by atoms with Crippen LogP contribution in [-0.4, -0.2) is 25.3 Å². The fourth-order valence-electron chi connectivity index (χ4n) is 0.967. The molecule has 1 unspecified atom stereocenters. The smallest absolute Gasteiger partial charge is 0.151 e. The minimum atomic E-state index is -2.76. The van der Waals surface area contributed by atoms with E-state index in [1.54, 1.807) is 0 Å². The molecule has 0 aliphatic carbocycles. The summed E-state index contributed by atoms with van der Waals surface area (Å²) < 4.78 is 21.6. The summed E-state index contributed by atoms with van der Waals surface area (Å²) in [6.07, 6.45) is 1.58. The average molecular weight is 169 g/mol. The quantitative estimate of drug-likeness (QED) is 0.502. The van der Waals surface area contributed by atoms with E-state index in [-0.39, 0.29) is 11.1 Å². The van der Waals surface area contributed by atoms with E-state index in [4.69, 9.17) is 11.6 Å². The van der Waals surface area contributed by atoms with Gasteiger partial charge in [0, 0.05) is 5.38 Å². The van der Waals surface area contributed by atoms with Crippen LogP contribution in [-0.2, 0) is 9.84 Å². The summed E-state index contributed by atoms with van der Waals surface area (Å²) in [5.41, 5.74) is 0. The molecule has 1 fully saturated rings. The van der Waals surface area contributed by atoms with Crippen LogP contribution in [0.25, 0.3) is 0 Å². The summed E-state index contributed by atoms with van der Waals surface area (Å²) in [4.78, 5) is 0. The maximum absolute atomic E-state index is 10.8. The molecular weight excluding hydrogens is 160 g/mol.